The third-order valence-corrected chi connectivity index (χ3v) is 7.25. The summed E-state index contributed by atoms with van der Waals surface area (Å²) in [4.78, 5) is 0. The first-order valence-corrected chi connectivity index (χ1v) is 8.63. The Morgan fingerprint density at radius 2 is 1.61 bits per heavy atom. The summed E-state index contributed by atoms with van der Waals surface area (Å²) in [5, 5.41) is 0. The average molecular weight is 248 g/mol. The van der Waals surface area contributed by atoms with Gasteiger partial charge in [0.2, 0.25) is 0 Å². The molecular formula is C18H32. The summed E-state index contributed by atoms with van der Waals surface area (Å²) < 4.78 is 0. The maximum Gasteiger partial charge on any atom is -0.0326 e. The first-order valence-electron chi connectivity index (χ1n) is 8.63. The maximum absolute atomic E-state index is 2.59. The fourth-order valence-corrected chi connectivity index (χ4v) is 6.41. The molecule has 3 aliphatic carbocycles. The zero-order chi connectivity index (χ0) is 12.9. The minimum Gasteiger partial charge on any atom is -0.0654 e. The maximum atomic E-state index is 2.59. The highest BCUT2D eigenvalue weighted by atomic mass is 14.6. The molecule has 18 heavy (non-hydrogen) atoms. The predicted octanol–water partition coefficient (Wildman–Crippen LogP) is 5.38. The van der Waals surface area contributed by atoms with Gasteiger partial charge in [0.05, 0.1) is 0 Å². The lowest BCUT2D eigenvalue weighted by Crippen LogP contribution is -2.30. The summed E-state index contributed by atoms with van der Waals surface area (Å²) in [6.07, 6.45) is 9.12. The standard InChI is InChI=1S/C18H32/c1-5-6-16-11(2)9-17(13(16)4)18-12(3)14-7-8-15(18)10-14/h11-18H,5-10H2,1-4H3. The van der Waals surface area contributed by atoms with Gasteiger partial charge in [-0.15, -0.1) is 0 Å². The lowest BCUT2D eigenvalue weighted by Gasteiger charge is -2.36. The fraction of sp³-hybridized carbons (Fsp3) is 1.00. The second-order valence-electron chi connectivity index (χ2n) is 7.96. The molecule has 8 atom stereocenters. The van der Waals surface area contributed by atoms with Crippen molar-refractivity contribution < 1.29 is 0 Å². The average Bonchev–Trinajstić information content (AvgIpc) is 2.99. The molecule has 0 saturated heterocycles. The van der Waals surface area contributed by atoms with E-state index in [-0.39, 0.29) is 0 Å². The van der Waals surface area contributed by atoms with Gasteiger partial charge in [-0.25, -0.2) is 0 Å². The third-order valence-electron chi connectivity index (χ3n) is 7.25. The van der Waals surface area contributed by atoms with Crippen molar-refractivity contribution in [2.45, 2.75) is 66.2 Å². The molecule has 0 aromatic rings. The predicted molar refractivity (Wildman–Crippen MR) is 78.3 cm³/mol. The smallest absolute Gasteiger partial charge is 0.0326 e. The van der Waals surface area contributed by atoms with Gasteiger partial charge in [-0.05, 0) is 73.0 Å². The Hall–Kier alpha value is 0. The van der Waals surface area contributed by atoms with E-state index >= 15 is 0 Å². The lowest BCUT2D eigenvalue weighted by atomic mass is 9.69. The van der Waals surface area contributed by atoms with Crippen molar-refractivity contribution in [2.24, 2.45) is 47.3 Å². The lowest BCUT2D eigenvalue weighted by molar-refractivity contribution is 0.124. The second-order valence-corrected chi connectivity index (χ2v) is 7.96. The fourth-order valence-electron chi connectivity index (χ4n) is 6.41. The van der Waals surface area contributed by atoms with Crippen molar-refractivity contribution in [2.75, 3.05) is 0 Å². The molecule has 0 radical (unpaired) electrons. The van der Waals surface area contributed by atoms with Crippen LogP contribution in [0.3, 0.4) is 0 Å². The second kappa shape index (κ2) is 4.84. The van der Waals surface area contributed by atoms with Gasteiger partial charge < -0.3 is 0 Å². The van der Waals surface area contributed by atoms with Gasteiger partial charge in [0.25, 0.3) is 0 Å². The Bertz CT molecular complexity index is 292. The summed E-state index contributed by atoms with van der Waals surface area (Å²) in [5.74, 6) is 8.47. The molecular weight excluding hydrogens is 216 g/mol. The van der Waals surface area contributed by atoms with Crippen LogP contribution in [0.4, 0.5) is 0 Å². The van der Waals surface area contributed by atoms with Crippen molar-refractivity contribution in [3.8, 4) is 0 Å². The summed E-state index contributed by atoms with van der Waals surface area (Å²) in [7, 11) is 0. The molecule has 0 heterocycles. The molecule has 104 valence electrons. The summed E-state index contributed by atoms with van der Waals surface area (Å²) >= 11 is 0. The van der Waals surface area contributed by atoms with Gasteiger partial charge in [0.15, 0.2) is 0 Å². The van der Waals surface area contributed by atoms with Crippen molar-refractivity contribution >= 4 is 0 Å². The van der Waals surface area contributed by atoms with Crippen LogP contribution in [0.1, 0.15) is 66.2 Å². The van der Waals surface area contributed by atoms with Gasteiger partial charge >= 0.3 is 0 Å². The molecule has 0 N–H and O–H groups in total. The van der Waals surface area contributed by atoms with E-state index in [1.807, 2.05) is 0 Å². The molecule has 2 bridgehead atoms. The number of hydrogen-bond donors (Lipinski definition) is 0. The van der Waals surface area contributed by atoms with E-state index in [9.17, 15) is 0 Å². The highest BCUT2D eigenvalue weighted by Crippen LogP contribution is 2.60. The van der Waals surface area contributed by atoms with Gasteiger partial charge in [0, 0.05) is 0 Å². The Balaban J connectivity index is 1.73. The Morgan fingerprint density at radius 1 is 0.889 bits per heavy atom. The molecule has 0 heteroatoms. The molecule has 0 spiro atoms. The molecule has 0 aromatic carbocycles. The Morgan fingerprint density at radius 3 is 2.22 bits per heavy atom. The minimum absolute atomic E-state index is 0.997. The number of fused-ring (bicyclic) bond motifs is 2. The molecule has 3 rings (SSSR count). The van der Waals surface area contributed by atoms with Gasteiger partial charge in [-0.1, -0.05) is 40.5 Å². The quantitative estimate of drug-likeness (QED) is 0.629. The van der Waals surface area contributed by atoms with Crippen LogP contribution in [0, 0.1) is 47.3 Å². The molecule has 8 unspecified atom stereocenters. The van der Waals surface area contributed by atoms with E-state index in [2.05, 4.69) is 27.7 Å². The van der Waals surface area contributed by atoms with Crippen LogP contribution in [0.5, 0.6) is 0 Å². The Kier molecular flexibility index (Phi) is 3.49. The first kappa shape index (κ1) is 13.0. The number of rotatable bonds is 3. The van der Waals surface area contributed by atoms with Crippen LogP contribution in [0.25, 0.3) is 0 Å². The summed E-state index contributed by atoms with van der Waals surface area (Å²) in [6, 6.07) is 0. The highest BCUT2D eigenvalue weighted by Gasteiger charge is 2.52. The molecule has 0 amide bonds. The van der Waals surface area contributed by atoms with Gasteiger partial charge in [-0.3, -0.25) is 0 Å². The Labute approximate surface area is 114 Å². The largest absolute Gasteiger partial charge is 0.0654 e. The van der Waals surface area contributed by atoms with Crippen LogP contribution in [-0.4, -0.2) is 0 Å². The van der Waals surface area contributed by atoms with Gasteiger partial charge in [-0.2, -0.15) is 0 Å². The minimum atomic E-state index is 0.997. The van der Waals surface area contributed by atoms with Crippen LogP contribution in [0.15, 0.2) is 0 Å². The van der Waals surface area contributed by atoms with Crippen molar-refractivity contribution in [1.82, 2.24) is 0 Å². The topological polar surface area (TPSA) is 0 Å². The SMILES string of the molecule is CCCC1C(C)CC(C2C3CCC(C3)C2C)C1C. The van der Waals surface area contributed by atoms with E-state index in [1.54, 1.807) is 25.7 Å². The zero-order valence-corrected chi connectivity index (χ0v) is 12.9. The van der Waals surface area contributed by atoms with E-state index in [0.717, 1.165) is 47.3 Å². The van der Waals surface area contributed by atoms with Crippen LogP contribution >= 0.6 is 0 Å². The normalized spacial score (nSPS) is 55.3. The third kappa shape index (κ3) is 1.86. The molecule has 0 aliphatic heterocycles. The van der Waals surface area contributed by atoms with E-state index in [4.69, 9.17) is 0 Å². The highest BCUT2D eigenvalue weighted by molar-refractivity contribution is 5.01. The molecule has 0 aromatic heterocycles. The van der Waals surface area contributed by atoms with E-state index in [0.29, 0.717) is 0 Å². The van der Waals surface area contributed by atoms with E-state index < -0.39 is 0 Å². The molecule has 3 saturated carbocycles. The van der Waals surface area contributed by atoms with E-state index in [1.165, 1.54) is 12.8 Å². The molecule has 3 fully saturated rings. The van der Waals surface area contributed by atoms with Crippen LogP contribution < -0.4 is 0 Å². The molecule has 3 aliphatic rings. The van der Waals surface area contributed by atoms with Crippen LogP contribution in [0.2, 0.25) is 0 Å². The van der Waals surface area contributed by atoms with Crippen molar-refractivity contribution in [1.29, 1.82) is 0 Å². The monoisotopic (exact) mass is 248 g/mol. The first-order chi connectivity index (χ1) is 8.63. The van der Waals surface area contributed by atoms with Gasteiger partial charge in [0.1, 0.15) is 0 Å². The summed E-state index contributed by atoms with van der Waals surface area (Å²) in [6.45, 7) is 10.1. The number of hydrogen-bond acceptors (Lipinski definition) is 0. The van der Waals surface area contributed by atoms with Crippen molar-refractivity contribution in [3.05, 3.63) is 0 Å². The zero-order valence-electron chi connectivity index (χ0n) is 12.9. The van der Waals surface area contributed by atoms with Crippen LogP contribution in [-0.2, 0) is 0 Å². The summed E-state index contributed by atoms with van der Waals surface area (Å²) in [5.41, 5.74) is 0. The molecule has 0 nitrogen and oxygen atoms in total. The van der Waals surface area contributed by atoms with Crippen molar-refractivity contribution in [3.63, 3.8) is 0 Å².